The maximum Gasteiger partial charge on any atom is 0.239 e. The molecule has 2 aromatic rings. The van der Waals surface area contributed by atoms with E-state index in [0.717, 1.165) is 28.1 Å². The quantitative estimate of drug-likeness (QED) is 0.821. The van der Waals surface area contributed by atoms with Gasteiger partial charge in [0.15, 0.2) is 0 Å². The van der Waals surface area contributed by atoms with Crippen LogP contribution >= 0.6 is 0 Å². The number of carbonyl (C=O) groups excluding carboxylic acids is 2. The molecule has 2 rings (SSSR count). The van der Waals surface area contributed by atoms with Crippen molar-refractivity contribution in [2.45, 2.75) is 41.2 Å². The Morgan fingerprint density at radius 2 is 1.68 bits per heavy atom. The molecule has 0 bridgehead atoms. The third kappa shape index (κ3) is 4.44. The molecular weight excluding hydrogens is 314 g/mol. The van der Waals surface area contributed by atoms with E-state index in [1.165, 1.54) is 0 Å². The molecule has 2 N–H and O–H groups in total. The zero-order valence-corrected chi connectivity index (χ0v) is 15.4. The van der Waals surface area contributed by atoms with Gasteiger partial charge in [0.05, 0.1) is 12.2 Å². The Balaban J connectivity index is 2.07. The second-order valence-electron chi connectivity index (χ2n) is 6.86. The zero-order valence-electron chi connectivity index (χ0n) is 15.4. The summed E-state index contributed by atoms with van der Waals surface area (Å²) in [6, 6.07) is 9.52. The Morgan fingerprint density at radius 3 is 2.24 bits per heavy atom. The summed E-state index contributed by atoms with van der Waals surface area (Å²) in [5.41, 5.74) is 3.42. The van der Waals surface area contributed by atoms with Gasteiger partial charge in [-0.1, -0.05) is 23.8 Å². The minimum absolute atomic E-state index is 0.291. The normalized spacial score (nSPS) is 11.1. The molecule has 1 aromatic carbocycles. The van der Waals surface area contributed by atoms with Gasteiger partial charge in [0.2, 0.25) is 11.8 Å². The number of pyridine rings is 1. The van der Waals surface area contributed by atoms with Crippen LogP contribution in [-0.2, 0) is 16.1 Å². The number of nitrogens with one attached hydrogen (secondary N) is 2. The van der Waals surface area contributed by atoms with Crippen LogP contribution in [0, 0.1) is 26.2 Å². The summed E-state index contributed by atoms with van der Waals surface area (Å²) < 4.78 is 0. The highest BCUT2D eigenvalue weighted by atomic mass is 16.2. The minimum Gasteiger partial charge on any atom is -0.350 e. The lowest BCUT2D eigenvalue weighted by atomic mass is 9.90. The molecular formula is C20H25N3O2. The van der Waals surface area contributed by atoms with Crippen molar-refractivity contribution < 1.29 is 9.59 Å². The van der Waals surface area contributed by atoms with E-state index in [2.05, 4.69) is 15.6 Å². The summed E-state index contributed by atoms with van der Waals surface area (Å²) in [6.07, 6.45) is 1.67. The van der Waals surface area contributed by atoms with Gasteiger partial charge in [-0.2, -0.15) is 0 Å². The number of anilines is 1. The van der Waals surface area contributed by atoms with Crippen LogP contribution in [0.5, 0.6) is 0 Å². The molecule has 0 aliphatic rings. The Morgan fingerprint density at radius 1 is 1.04 bits per heavy atom. The minimum atomic E-state index is -1.20. The summed E-state index contributed by atoms with van der Waals surface area (Å²) >= 11 is 0. The zero-order chi connectivity index (χ0) is 18.6. The van der Waals surface area contributed by atoms with E-state index in [4.69, 9.17) is 0 Å². The molecule has 0 aliphatic heterocycles. The molecule has 0 fully saturated rings. The number of rotatable bonds is 5. The molecule has 2 amide bonds. The van der Waals surface area contributed by atoms with Crippen LogP contribution in [0.15, 0.2) is 36.5 Å². The van der Waals surface area contributed by atoms with E-state index >= 15 is 0 Å². The molecule has 0 spiro atoms. The third-order valence-electron chi connectivity index (χ3n) is 4.21. The van der Waals surface area contributed by atoms with Gasteiger partial charge in [-0.3, -0.25) is 14.6 Å². The van der Waals surface area contributed by atoms with Crippen LogP contribution in [0.3, 0.4) is 0 Å². The average Bonchev–Trinajstić information content (AvgIpc) is 2.56. The lowest BCUT2D eigenvalue weighted by Crippen LogP contribution is -2.45. The van der Waals surface area contributed by atoms with E-state index in [-0.39, 0.29) is 11.8 Å². The smallest absolute Gasteiger partial charge is 0.239 e. The number of hydrogen-bond acceptors (Lipinski definition) is 3. The number of aryl methyl sites for hydroxylation is 3. The van der Waals surface area contributed by atoms with Gasteiger partial charge in [-0.05, 0) is 57.9 Å². The van der Waals surface area contributed by atoms with Gasteiger partial charge in [0.1, 0.15) is 5.41 Å². The summed E-state index contributed by atoms with van der Waals surface area (Å²) in [4.78, 5) is 29.3. The Labute approximate surface area is 148 Å². The molecule has 0 atom stereocenters. The van der Waals surface area contributed by atoms with E-state index in [1.54, 1.807) is 20.0 Å². The van der Waals surface area contributed by atoms with Crippen LogP contribution in [0.2, 0.25) is 0 Å². The molecule has 0 aliphatic carbocycles. The standard InChI is InChI=1S/C20H25N3O2/c1-13-10-14(2)17(15(3)11-13)23-19(25)20(4,5)18(24)22-12-16-8-6-7-9-21-16/h6-11H,12H2,1-5H3,(H,22,24)(H,23,25). The van der Waals surface area contributed by atoms with Gasteiger partial charge in [-0.25, -0.2) is 0 Å². The maximum absolute atomic E-state index is 12.7. The largest absolute Gasteiger partial charge is 0.350 e. The monoisotopic (exact) mass is 339 g/mol. The number of carbonyl (C=O) groups is 2. The topological polar surface area (TPSA) is 71.1 Å². The van der Waals surface area contributed by atoms with Crippen molar-refractivity contribution in [2.75, 3.05) is 5.32 Å². The summed E-state index contributed by atoms with van der Waals surface area (Å²) in [6.45, 7) is 9.44. The Hall–Kier alpha value is -2.69. The number of benzene rings is 1. The maximum atomic E-state index is 12.7. The van der Waals surface area contributed by atoms with E-state index in [1.807, 2.05) is 51.1 Å². The Bertz CT molecular complexity index is 760. The molecule has 5 heteroatoms. The van der Waals surface area contributed by atoms with Gasteiger partial charge in [-0.15, -0.1) is 0 Å². The van der Waals surface area contributed by atoms with Crippen molar-refractivity contribution in [3.8, 4) is 0 Å². The Kier molecular flexibility index (Phi) is 5.57. The summed E-state index contributed by atoms with van der Waals surface area (Å²) in [5.74, 6) is -0.667. The number of amides is 2. The van der Waals surface area contributed by atoms with Crippen molar-refractivity contribution in [1.29, 1.82) is 0 Å². The SMILES string of the molecule is Cc1cc(C)c(NC(=O)C(C)(C)C(=O)NCc2ccccn2)c(C)c1. The highest BCUT2D eigenvalue weighted by Crippen LogP contribution is 2.25. The van der Waals surface area contributed by atoms with Crippen molar-refractivity contribution in [3.63, 3.8) is 0 Å². The van der Waals surface area contributed by atoms with E-state index < -0.39 is 5.41 Å². The molecule has 0 radical (unpaired) electrons. The van der Waals surface area contributed by atoms with Crippen LogP contribution in [0.25, 0.3) is 0 Å². The molecule has 0 unspecified atom stereocenters. The molecule has 25 heavy (non-hydrogen) atoms. The first-order valence-corrected chi connectivity index (χ1v) is 8.29. The van der Waals surface area contributed by atoms with Crippen LogP contribution in [-0.4, -0.2) is 16.8 Å². The van der Waals surface area contributed by atoms with Gasteiger partial charge in [0, 0.05) is 11.9 Å². The molecule has 0 saturated carbocycles. The predicted molar refractivity (Wildman–Crippen MR) is 99.1 cm³/mol. The molecule has 1 heterocycles. The van der Waals surface area contributed by atoms with Crippen molar-refractivity contribution in [2.24, 2.45) is 5.41 Å². The summed E-state index contributed by atoms with van der Waals surface area (Å²) in [5, 5.41) is 5.69. The number of nitrogens with zero attached hydrogens (tertiary/aromatic N) is 1. The van der Waals surface area contributed by atoms with Crippen molar-refractivity contribution in [1.82, 2.24) is 10.3 Å². The fraction of sp³-hybridized carbons (Fsp3) is 0.350. The van der Waals surface area contributed by atoms with Gasteiger partial charge in [0.25, 0.3) is 0 Å². The van der Waals surface area contributed by atoms with Crippen molar-refractivity contribution >= 4 is 17.5 Å². The van der Waals surface area contributed by atoms with E-state index in [9.17, 15) is 9.59 Å². The first kappa shape index (κ1) is 18.6. The van der Waals surface area contributed by atoms with Gasteiger partial charge < -0.3 is 10.6 Å². The van der Waals surface area contributed by atoms with Crippen LogP contribution in [0.1, 0.15) is 36.2 Å². The lowest BCUT2D eigenvalue weighted by molar-refractivity contribution is -0.138. The van der Waals surface area contributed by atoms with Crippen LogP contribution < -0.4 is 10.6 Å². The molecule has 132 valence electrons. The fourth-order valence-corrected chi connectivity index (χ4v) is 2.64. The molecule has 0 saturated heterocycles. The second kappa shape index (κ2) is 7.47. The third-order valence-corrected chi connectivity index (χ3v) is 4.21. The summed E-state index contributed by atoms with van der Waals surface area (Å²) in [7, 11) is 0. The number of hydrogen-bond donors (Lipinski definition) is 2. The van der Waals surface area contributed by atoms with E-state index in [0.29, 0.717) is 6.54 Å². The second-order valence-corrected chi connectivity index (χ2v) is 6.86. The van der Waals surface area contributed by atoms with Gasteiger partial charge >= 0.3 is 0 Å². The molecule has 5 nitrogen and oxygen atoms in total. The highest BCUT2D eigenvalue weighted by molar-refractivity contribution is 6.10. The first-order chi connectivity index (χ1) is 11.7. The van der Waals surface area contributed by atoms with Crippen LogP contribution in [0.4, 0.5) is 5.69 Å². The molecule has 1 aromatic heterocycles. The lowest BCUT2D eigenvalue weighted by Gasteiger charge is -2.24. The highest BCUT2D eigenvalue weighted by Gasteiger charge is 2.36. The average molecular weight is 339 g/mol. The number of aromatic nitrogens is 1. The van der Waals surface area contributed by atoms with Crippen molar-refractivity contribution in [3.05, 3.63) is 58.9 Å². The predicted octanol–water partition coefficient (Wildman–Crippen LogP) is 3.29. The fourth-order valence-electron chi connectivity index (χ4n) is 2.64. The first-order valence-electron chi connectivity index (χ1n) is 8.29.